The number of hydrogen-bond acceptors (Lipinski definition) is 3. The van der Waals surface area contributed by atoms with Crippen molar-refractivity contribution in [1.29, 1.82) is 5.26 Å². The first-order chi connectivity index (χ1) is 8.54. The monoisotopic (exact) mass is 266 g/mol. The van der Waals surface area contributed by atoms with Gasteiger partial charge in [0.2, 0.25) is 0 Å². The lowest BCUT2D eigenvalue weighted by Gasteiger charge is -2.25. The molecule has 0 aliphatic carbocycles. The lowest BCUT2D eigenvalue weighted by Crippen LogP contribution is -2.39. The van der Waals surface area contributed by atoms with Crippen molar-refractivity contribution in [1.82, 2.24) is 5.32 Å². The van der Waals surface area contributed by atoms with Gasteiger partial charge in [-0.05, 0) is 30.5 Å². The average molecular weight is 267 g/mol. The van der Waals surface area contributed by atoms with Gasteiger partial charge in [-0.3, -0.25) is 0 Å². The largest absolute Gasteiger partial charge is 0.389 e. The van der Waals surface area contributed by atoms with Crippen LogP contribution >= 0.6 is 11.6 Å². The van der Waals surface area contributed by atoms with E-state index in [1.165, 1.54) is 0 Å². The number of aliphatic hydroxyl groups is 1. The average Bonchev–Trinajstić information content (AvgIpc) is 2.40. The van der Waals surface area contributed by atoms with E-state index in [1.807, 2.05) is 26.0 Å². The Labute approximate surface area is 113 Å². The molecule has 2 N–H and O–H groups in total. The Balaban J connectivity index is 2.57. The highest BCUT2D eigenvalue weighted by molar-refractivity contribution is 6.31. The fourth-order valence-electron chi connectivity index (χ4n) is 1.69. The molecule has 1 rings (SSSR count). The fourth-order valence-corrected chi connectivity index (χ4v) is 1.94. The van der Waals surface area contributed by atoms with E-state index in [2.05, 4.69) is 5.32 Å². The molecule has 0 atom stereocenters. The van der Waals surface area contributed by atoms with E-state index in [1.54, 1.807) is 12.1 Å². The van der Waals surface area contributed by atoms with Crippen molar-refractivity contribution >= 4 is 11.6 Å². The summed E-state index contributed by atoms with van der Waals surface area (Å²) in [5, 5.41) is 22.6. The lowest BCUT2D eigenvalue weighted by molar-refractivity contribution is 0.0323. The summed E-state index contributed by atoms with van der Waals surface area (Å²) in [6.07, 6.45) is 1.44. The van der Waals surface area contributed by atoms with Crippen LogP contribution in [-0.2, 0) is 6.54 Å². The minimum atomic E-state index is -0.654. The summed E-state index contributed by atoms with van der Waals surface area (Å²) in [7, 11) is 0. The van der Waals surface area contributed by atoms with E-state index in [0.717, 1.165) is 18.4 Å². The Morgan fingerprint density at radius 1 is 1.39 bits per heavy atom. The first-order valence-corrected chi connectivity index (χ1v) is 6.54. The van der Waals surface area contributed by atoms with Crippen molar-refractivity contribution in [2.24, 2.45) is 0 Å². The van der Waals surface area contributed by atoms with Gasteiger partial charge in [-0.25, -0.2) is 0 Å². The van der Waals surface area contributed by atoms with Crippen molar-refractivity contribution in [2.75, 3.05) is 6.54 Å². The molecule has 0 unspecified atom stereocenters. The van der Waals surface area contributed by atoms with E-state index in [9.17, 15) is 5.11 Å². The van der Waals surface area contributed by atoms with E-state index in [4.69, 9.17) is 16.9 Å². The van der Waals surface area contributed by atoms with Crippen molar-refractivity contribution in [3.63, 3.8) is 0 Å². The molecule has 0 spiro atoms. The van der Waals surface area contributed by atoms with E-state index in [-0.39, 0.29) is 0 Å². The third-order valence-electron chi connectivity index (χ3n) is 3.27. The number of hydrogen-bond donors (Lipinski definition) is 2. The zero-order chi connectivity index (χ0) is 13.6. The van der Waals surface area contributed by atoms with Crippen molar-refractivity contribution in [2.45, 2.75) is 38.8 Å². The van der Waals surface area contributed by atoms with Gasteiger partial charge < -0.3 is 10.4 Å². The standard InChI is InChI=1S/C14H19ClN2O/c1-3-14(18,4-2)10-17-9-12-6-5-11(8-16)7-13(12)15/h5-7,17-18H,3-4,9-10H2,1-2H3. The SMILES string of the molecule is CCC(O)(CC)CNCc1ccc(C#N)cc1Cl. The van der Waals surface area contributed by atoms with Gasteiger partial charge in [-0.1, -0.05) is 31.5 Å². The number of rotatable bonds is 6. The molecule has 0 aromatic heterocycles. The van der Waals surface area contributed by atoms with Gasteiger partial charge in [-0.15, -0.1) is 0 Å². The highest BCUT2D eigenvalue weighted by Gasteiger charge is 2.21. The highest BCUT2D eigenvalue weighted by atomic mass is 35.5. The summed E-state index contributed by atoms with van der Waals surface area (Å²) in [6.45, 7) is 5.07. The predicted octanol–water partition coefficient (Wildman–Crippen LogP) is 2.85. The van der Waals surface area contributed by atoms with Gasteiger partial charge in [0.1, 0.15) is 0 Å². The summed E-state index contributed by atoms with van der Waals surface area (Å²) < 4.78 is 0. The molecular weight excluding hydrogens is 248 g/mol. The Bertz CT molecular complexity index is 436. The van der Waals surface area contributed by atoms with Crippen LogP contribution in [0.5, 0.6) is 0 Å². The van der Waals surface area contributed by atoms with Gasteiger partial charge >= 0.3 is 0 Å². The molecule has 3 nitrogen and oxygen atoms in total. The van der Waals surface area contributed by atoms with Crippen LogP contribution in [0.25, 0.3) is 0 Å². The quantitative estimate of drug-likeness (QED) is 0.832. The van der Waals surface area contributed by atoms with Gasteiger partial charge in [0.15, 0.2) is 0 Å². The van der Waals surface area contributed by atoms with Crippen LogP contribution in [0.15, 0.2) is 18.2 Å². The minimum absolute atomic E-state index is 0.538. The van der Waals surface area contributed by atoms with Crippen LogP contribution < -0.4 is 5.32 Å². The molecule has 4 heteroatoms. The van der Waals surface area contributed by atoms with Crippen molar-refractivity contribution in [3.8, 4) is 6.07 Å². The van der Waals surface area contributed by atoms with Gasteiger partial charge in [0, 0.05) is 18.1 Å². The maximum absolute atomic E-state index is 10.1. The Hall–Kier alpha value is -1.08. The maximum Gasteiger partial charge on any atom is 0.0992 e. The van der Waals surface area contributed by atoms with Crippen LogP contribution in [0, 0.1) is 11.3 Å². The summed E-state index contributed by atoms with van der Waals surface area (Å²) in [5.74, 6) is 0. The number of benzene rings is 1. The van der Waals surface area contributed by atoms with E-state index >= 15 is 0 Å². The number of nitrogens with zero attached hydrogens (tertiary/aromatic N) is 1. The molecule has 0 heterocycles. The summed E-state index contributed by atoms with van der Waals surface area (Å²) in [4.78, 5) is 0. The zero-order valence-corrected chi connectivity index (χ0v) is 11.6. The molecule has 98 valence electrons. The predicted molar refractivity (Wildman–Crippen MR) is 73.4 cm³/mol. The van der Waals surface area contributed by atoms with Crippen LogP contribution in [0.1, 0.15) is 37.8 Å². The first-order valence-electron chi connectivity index (χ1n) is 6.16. The maximum atomic E-state index is 10.1. The number of nitrogens with one attached hydrogen (secondary N) is 1. The van der Waals surface area contributed by atoms with Crippen LogP contribution in [-0.4, -0.2) is 17.3 Å². The molecule has 1 aromatic carbocycles. The lowest BCUT2D eigenvalue weighted by atomic mass is 9.97. The molecule has 0 saturated carbocycles. The molecule has 1 aromatic rings. The second-order valence-corrected chi connectivity index (χ2v) is 4.86. The third kappa shape index (κ3) is 3.99. The smallest absolute Gasteiger partial charge is 0.0992 e. The van der Waals surface area contributed by atoms with Crippen molar-refractivity contribution < 1.29 is 5.11 Å². The summed E-state index contributed by atoms with van der Waals surface area (Å²) >= 11 is 6.07. The molecular formula is C14H19ClN2O. The number of halogens is 1. The Kier molecular flexibility index (Phi) is 5.61. The molecule has 0 bridgehead atoms. The second-order valence-electron chi connectivity index (χ2n) is 4.45. The van der Waals surface area contributed by atoms with Gasteiger partial charge in [0.05, 0.1) is 17.2 Å². The van der Waals surface area contributed by atoms with E-state index in [0.29, 0.717) is 23.7 Å². The van der Waals surface area contributed by atoms with Gasteiger partial charge in [0.25, 0.3) is 0 Å². The molecule has 0 aliphatic rings. The molecule has 18 heavy (non-hydrogen) atoms. The molecule has 0 fully saturated rings. The first kappa shape index (κ1) is 15.0. The van der Waals surface area contributed by atoms with Crippen LogP contribution in [0.4, 0.5) is 0 Å². The normalized spacial score (nSPS) is 11.3. The van der Waals surface area contributed by atoms with Crippen LogP contribution in [0.2, 0.25) is 5.02 Å². The minimum Gasteiger partial charge on any atom is -0.389 e. The van der Waals surface area contributed by atoms with Crippen LogP contribution in [0.3, 0.4) is 0 Å². The molecule has 0 amide bonds. The second kappa shape index (κ2) is 6.75. The zero-order valence-electron chi connectivity index (χ0n) is 10.8. The number of nitriles is 1. The summed E-state index contributed by atoms with van der Waals surface area (Å²) in [6, 6.07) is 7.29. The molecule has 0 saturated heterocycles. The topological polar surface area (TPSA) is 56.0 Å². The molecule has 0 radical (unpaired) electrons. The third-order valence-corrected chi connectivity index (χ3v) is 3.62. The Morgan fingerprint density at radius 3 is 2.56 bits per heavy atom. The fraction of sp³-hybridized carbons (Fsp3) is 0.500. The Morgan fingerprint density at radius 2 is 2.06 bits per heavy atom. The highest BCUT2D eigenvalue weighted by Crippen LogP contribution is 2.18. The van der Waals surface area contributed by atoms with E-state index < -0.39 is 5.60 Å². The van der Waals surface area contributed by atoms with Gasteiger partial charge in [-0.2, -0.15) is 5.26 Å². The van der Waals surface area contributed by atoms with Crippen molar-refractivity contribution in [3.05, 3.63) is 34.3 Å². The molecule has 0 aliphatic heterocycles. The summed E-state index contributed by atoms with van der Waals surface area (Å²) in [5.41, 5.74) is 0.839.